The van der Waals surface area contributed by atoms with Gasteiger partial charge in [0.25, 0.3) is 0 Å². The van der Waals surface area contributed by atoms with Crippen LogP contribution in [0.2, 0.25) is 0 Å². The van der Waals surface area contributed by atoms with E-state index in [1.54, 1.807) is 11.0 Å². The summed E-state index contributed by atoms with van der Waals surface area (Å²) < 4.78 is 24.8. The number of hydrogen-bond donors (Lipinski definition) is 0. The molecule has 1 saturated heterocycles. The van der Waals surface area contributed by atoms with E-state index in [9.17, 15) is 13.2 Å². The molecule has 0 atom stereocenters. The normalized spacial score (nSPS) is 23.6. The molecule has 2 rings (SSSR count). The molecule has 24 heavy (non-hydrogen) atoms. The summed E-state index contributed by atoms with van der Waals surface area (Å²) in [6.07, 6.45) is 9.01. The first-order valence-corrected chi connectivity index (χ1v) is 10.6. The Labute approximate surface area is 146 Å². The van der Waals surface area contributed by atoms with Crippen molar-refractivity contribution in [1.29, 1.82) is 0 Å². The minimum absolute atomic E-state index is 0.0213. The molecule has 0 radical (unpaired) electrons. The number of sulfonamides is 1. The lowest BCUT2D eigenvalue weighted by molar-refractivity contribution is -0.125. The van der Waals surface area contributed by atoms with Crippen molar-refractivity contribution in [2.45, 2.75) is 46.5 Å². The van der Waals surface area contributed by atoms with Crippen LogP contribution in [0.25, 0.3) is 0 Å². The van der Waals surface area contributed by atoms with Crippen molar-refractivity contribution >= 4 is 15.9 Å². The SMILES string of the molecule is CC1=C(C=CC(=O)N2CCCN(S(C)(=O)=O)CC2)C(C)(C)CCC1. The van der Waals surface area contributed by atoms with Gasteiger partial charge in [0.15, 0.2) is 0 Å². The Balaban J connectivity index is 2.05. The lowest BCUT2D eigenvalue weighted by Crippen LogP contribution is -2.36. The van der Waals surface area contributed by atoms with Crippen molar-refractivity contribution in [2.24, 2.45) is 5.41 Å². The Morgan fingerprint density at radius 1 is 1.12 bits per heavy atom. The van der Waals surface area contributed by atoms with Crippen LogP contribution in [0.15, 0.2) is 23.3 Å². The van der Waals surface area contributed by atoms with Crippen LogP contribution >= 0.6 is 0 Å². The van der Waals surface area contributed by atoms with E-state index < -0.39 is 10.0 Å². The Bertz CT molecular complexity index is 647. The summed E-state index contributed by atoms with van der Waals surface area (Å²) in [7, 11) is -3.18. The molecule has 2 aliphatic rings. The molecule has 1 aliphatic carbocycles. The Kier molecular flexibility index (Phi) is 5.91. The van der Waals surface area contributed by atoms with Crippen molar-refractivity contribution in [3.8, 4) is 0 Å². The first-order chi connectivity index (χ1) is 11.1. The van der Waals surface area contributed by atoms with E-state index in [0.717, 1.165) is 12.8 Å². The molecule has 0 aromatic carbocycles. The zero-order valence-electron chi connectivity index (χ0n) is 15.3. The van der Waals surface area contributed by atoms with Gasteiger partial charge in [-0.3, -0.25) is 4.79 Å². The molecule has 1 fully saturated rings. The standard InChI is InChI=1S/C18H30N2O3S/c1-15-7-5-10-18(2,3)16(15)8-9-17(21)19-11-6-12-20(14-13-19)24(4,22)23/h8-9H,5-7,10-14H2,1-4H3. The van der Waals surface area contributed by atoms with Crippen LogP contribution in [0.3, 0.4) is 0 Å². The van der Waals surface area contributed by atoms with Crippen LogP contribution < -0.4 is 0 Å². The molecule has 6 heteroatoms. The van der Waals surface area contributed by atoms with Crippen LogP contribution in [0.4, 0.5) is 0 Å². The molecule has 0 aromatic rings. The average Bonchev–Trinajstić information content (AvgIpc) is 2.71. The number of rotatable bonds is 3. The van der Waals surface area contributed by atoms with Crippen LogP contribution in [-0.4, -0.2) is 56.0 Å². The number of carbonyl (C=O) groups is 1. The average molecular weight is 355 g/mol. The largest absolute Gasteiger partial charge is 0.338 e. The van der Waals surface area contributed by atoms with Gasteiger partial charge in [0.2, 0.25) is 15.9 Å². The molecule has 0 saturated carbocycles. The summed E-state index contributed by atoms with van der Waals surface area (Å²) in [6, 6.07) is 0. The predicted octanol–water partition coefficient (Wildman–Crippen LogP) is 2.56. The van der Waals surface area contributed by atoms with Gasteiger partial charge in [-0.15, -0.1) is 0 Å². The van der Waals surface area contributed by atoms with Gasteiger partial charge in [-0.05, 0) is 43.6 Å². The van der Waals surface area contributed by atoms with Crippen molar-refractivity contribution in [3.05, 3.63) is 23.3 Å². The summed E-state index contributed by atoms with van der Waals surface area (Å²) in [5.74, 6) is -0.0213. The molecular formula is C18H30N2O3S. The number of allylic oxidation sites excluding steroid dienone is 3. The third-order valence-electron chi connectivity index (χ3n) is 5.17. The van der Waals surface area contributed by atoms with Crippen LogP contribution in [0.1, 0.15) is 46.5 Å². The Hall–Kier alpha value is -1.14. The van der Waals surface area contributed by atoms with Gasteiger partial charge in [0, 0.05) is 32.3 Å². The first-order valence-electron chi connectivity index (χ1n) is 8.73. The molecule has 0 N–H and O–H groups in total. The second kappa shape index (κ2) is 7.40. The molecule has 0 aromatic heterocycles. The van der Waals surface area contributed by atoms with Crippen LogP contribution in [-0.2, 0) is 14.8 Å². The molecule has 0 unspecified atom stereocenters. The fraction of sp³-hybridized carbons (Fsp3) is 0.722. The van der Waals surface area contributed by atoms with Gasteiger partial charge in [-0.1, -0.05) is 25.5 Å². The summed E-state index contributed by atoms with van der Waals surface area (Å²) in [6.45, 7) is 8.55. The number of nitrogens with zero attached hydrogens (tertiary/aromatic N) is 2. The maximum absolute atomic E-state index is 12.5. The van der Waals surface area contributed by atoms with E-state index in [4.69, 9.17) is 0 Å². The van der Waals surface area contributed by atoms with E-state index in [1.807, 2.05) is 6.08 Å². The maximum atomic E-state index is 12.5. The highest BCUT2D eigenvalue weighted by Crippen LogP contribution is 2.40. The van der Waals surface area contributed by atoms with Gasteiger partial charge in [-0.2, -0.15) is 0 Å². The highest BCUT2D eigenvalue weighted by Gasteiger charge is 2.27. The van der Waals surface area contributed by atoms with Crippen molar-refractivity contribution < 1.29 is 13.2 Å². The highest BCUT2D eigenvalue weighted by atomic mass is 32.2. The van der Waals surface area contributed by atoms with Crippen molar-refractivity contribution in [1.82, 2.24) is 9.21 Å². The number of hydrogen-bond acceptors (Lipinski definition) is 3. The van der Waals surface area contributed by atoms with Gasteiger partial charge in [0.05, 0.1) is 6.26 Å². The highest BCUT2D eigenvalue weighted by molar-refractivity contribution is 7.88. The van der Waals surface area contributed by atoms with Gasteiger partial charge in [0.1, 0.15) is 0 Å². The topological polar surface area (TPSA) is 57.7 Å². The van der Waals surface area contributed by atoms with E-state index in [-0.39, 0.29) is 11.3 Å². The monoisotopic (exact) mass is 354 g/mol. The smallest absolute Gasteiger partial charge is 0.246 e. The first kappa shape index (κ1) is 19.2. The van der Waals surface area contributed by atoms with Gasteiger partial charge < -0.3 is 4.90 Å². The molecule has 1 amide bonds. The van der Waals surface area contributed by atoms with Crippen molar-refractivity contribution in [3.63, 3.8) is 0 Å². The molecule has 1 aliphatic heterocycles. The molecular weight excluding hydrogens is 324 g/mol. The second-order valence-electron chi connectivity index (χ2n) is 7.61. The Morgan fingerprint density at radius 2 is 1.83 bits per heavy atom. The quantitative estimate of drug-likeness (QED) is 0.732. The molecule has 0 bridgehead atoms. The zero-order chi connectivity index (χ0) is 18.0. The van der Waals surface area contributed by atoms with E-state index in [0.29, 0.717) is 32.6 Å². The van der Waals surface area contributed by atoms with Crippen LogP contribution in [0.5, 0.6) is 0 Å². The molecule has 0 spiro atoms. The van der Waals surface area contributed by atoms with E-state index in [2.05, 4.69) is 20.8 Å². The van der Waals surface area contributed by atoms with Crippen LogP contribution in [0, 0.1) is 5.41 Å². The summed E-state index contributed by atoms with van der Waals surface area (Å²) >= 11 is 0. The maximum Gasteiger partial charge on any atom is 0.246 e. The minimum atomic E-state index is -3.18. The van der Waals surface area contributed by atoms with E-state index in [1.165, 1.54) is 28.1 Å². The minimum Gasteiger partial charge on any atom is -0.338 e. The zero-order valence-corrected chi connectivity index (χ0v) is 16.2. The second-order valence-corrected chi connectivity index (χ2v) is 9.59. The lowest BCUT2D eigenvalue weighted by atomic mass is 9.72. The summed E-state index contributed by atoms with van der Waals surface area (Å²) in [5.41, 5.74) is 2.76. The van der Waals surface area contributed by atoms with Gasteiger partial charge in [-0.25, -0.2) is 12.7 Å². The molecule has 1 heterocycles. The summed E-state index contributed by atoms with van der Waals surface area (Å²) in [4.78, 5) is 14.3. The van der Waals surface area contributed by atoms with Crippen molar-refractivity contribution in [2.75, 3.05) is 32.4 Å². The third kappa shape index (κ3) is 4.70. The molecule has 136 valence electrons. The molecule has 5 nitrogen and oxygen atoms in total. The number of carbonyl (C=O) groups excluding carboxylic acids is 1. The lowest BCUT2D eigenvalue weighted by Gasteiger charge is -2.33. The van der Waals surface area contributed by atoms with E-state index >= 15 is 0 Å². The third-order valence-corrected chi connectivity index (χ3v) is 6.47. The fourth-order valence-electron chi connectivity index (χ4n) is 3.72. The fourth-order valence-corrected chi connectivity index (χ4v) is 4.59. The van der Waals surface area contributed by atoms with Gasteiger partial charge >= 0.3 is 0 Å². The number of amides is 1. The summed E-state index contributed by atoms with van der Waals surface area (Å²) in [5, 5.41) is 0. The predicted molar refractivity (Wildman–Crippen MR) is 97.1 cm³/mol. The Morgan fingerprint density at radius 3 is 2.46 bits per heavy atom.